The Morgan fingerprint density at radius 3 is 2.14 bits per heavy atom. The topological polar surface area (TPSA) is 36.4 Å². The predicted molar refractivity (Wildman–Crippen MR) is 89.4 cm³/mol. The van der Waals surface area contributed by atoms with E-state index >= 15 is 0 Å². The Balaban J connectivity index is 1.75. The van der Waals surface area contributed by atoms with E-state index in [2.05, 4.69) is 34.0 Å². The number of anilines is 1. The van der Waals surface area contributed by atoms with Crippen LogP contribution in [0, 0.1) is 0 Å². The molecule has 1 aromatic carbocycles. The molecule has 114 valence electrons. The lowest BCUT2D eigenvalue weighted by atomic mass is 10.0. The molecular weight excluding hydrogens is 274 g/mol. The molecule has 1 aliphatic rings. The fourth-order valence-electron chi connectivity index (χ4n) is 2.68. The zero-order valence-corrected chi connectivity index (χ0v) is 13.1. The Morgan fingerprint density at radius 1 is 0.955 bits per heavy atom. The van der Waals surface area contributed by atoms with Gasteiger partial charge >= 0.3 is 0 Å². The van der Waals surface area contributed by atoms with Crippen LogP contribution in [0.25, 0.3) is 11.1 Å². The highest BCUT2D eigenvalue weighted by atomic mass is 16.1. The molecule has 0 N–H and O–H groups in total. The van der Waals surface area contributed by atoms with Gasteiger partial charge in [-0.2, -0.15) is 0 Å². The van der Waals surface area contributed by atoms with E-state index < -0.39 is 0 Å². The number of ketones is 1. The maximum Gasteiger partial charge on any atom is 0.159 e. The van der Waals surface area contributed by atoms with Gasteiger partial charge in [-0.15, -0.1) is 0 Å². The van der Waals surface area contributed by atoms with E-state index in [1.54, 1.807) is 6.92 Å². The maximum atomic E-state index is 11.3. The van der Waals surface area contributed by atoms with Gasteiger partial charge in [-0.3, -0.25) is 4.79 Å². The molecule has 1 fully saturated rings. The molecule has 3 rings (SSSR count). The van der Waals surface area contributed by atoms with Crippen molar-refractivity contribution in [3.63, 3.8) is 0 Å². The standard InChI is InChI=1S/C18H21N3O/c1-14(22)15-3-5-16(6-4-15)17-7-8-18(19-13-17)21-11-9-20(2)10-12-21/h3-8,13H,9-12H2,1-2H3. The highest BCUT2D eigenvalue weighted by Gasteiger charge is 2.15. The summed E-state index contributed by atoms with van der Waals surface area (Å²) in [6.45, 7) is 5.79. The molecule has 0 spiro atoms. The molecule has 1 aromatic heterocycles. The smallest absolute Gasteiger partial charge is 0.159 e. The van der Waals surface area contributed by atoms with Gasteiger partial charge in [-0.25, -0.2) is 4.98 Å². The summed E-state index contributed by atoms with van der Waals surface area (Å²) in [6, 6.07) is 11.9. The number of nitrogens with zero attached hydrogens (tertiary/aromatic N) is 3. The summed E-state index contributed by atoms with van der Waals surface area (Å²) in [5, 5.41) is 0. The van der Waals surface area contributed by atoms with E-state index in [0.29, 0.717) is 0 Å². The predicted octanol–water partition coefficient (Wildman–Crippen LogP) is 2.70. The van der Waals surface area contributed by atoms with E-state index in [-0.39, 0.29) is 5.78 Å². The van der Waals surface area contributed by atoms with Gasteiger partial charge in [0.2, 0.25) is 0 Å². The molecule has 4 nitrogen and oxygen atoms in total. The number of carbonyl (C=O) groups excluding carboxylic acids is 1. The van der Waals surface area contributed by atoms with Gasteiger partial charge in [0.15, 0.2) is 5.78 Å². The van der Waals surface area contributed by atoms with Crippen LogP contribution in [0.4, 0.5) is 5.82 Å². The van der Waals surface area contributed by atoms with E-state index in [1.165, 1.54) is 0 Å². The Bertz CT molecular complexity index is 641. The van der Waals surface area contributed by atoms with Crippen molar-refractivity contribution in [1.29, 1.82) is 0 Å². The van der Waals surface area contributed by atoms with Gasteiger partial charge in [0.25, 0.3) is 0 Å². The first-order valence-corrected chi connectivity index (χ1v) is 7.64. The van der Waals surface area contributed by atoms with Crippen molar-refractivity contribution in [2.24, 2.45) is 0 Å². The van der Waals surface area contributed by atoms with E-state index in [9.17, 15) is 4.79 Å². The summed E-state index contributed by atoms with van der Waals surface area (Å²) >= 11 is 0. The van der Waals surface area contributed by atoms with Gasteiger partial charge in [0, 0.05) is 43.5 Å². The second kappa shape index (κ2) is 6.28. The van der Waals surface area contributed by atoms with Crippen LogP contribution in [0.5, 0.6) is 0 Å². The van der Waals surface area contributed by atoms with Crippen LogP contribution in [0.2, 0.25) is 0 Å². The lowest BCUT2D eigenvalue weighted by Gasteiger charge is -2.33. The molecule has 0 amide bonds. The van der Waals surface area contributed by atoms with Gasteiger partial charge < -0.3 is 9.80 Å². The van der Waals surface area contributed by atoms with Crippen LogP contribution in [-0.4, -0.2) is 48.9 Å². The number of hydrogen-bond donors (Lipinski definition) is 0. The minimum atomic E-state index is 0.0927. The van der Waals surface area contributed by atoms with Crippen molar-refractivity contribution in [2.75, 3.05) is 38.1 Å². The molecule has 0 unspecified atom stereocenters. The summed E-state index contributed by atoms with van der Waals surface area (Å²) in [7, 11) is 2.15. The lowest BCUT2D eigenvalue weighted by Crippen LogP contribution is -2.44. The molecule has 0 aliphatic carbocycles. The lowest BCUT2D eigenvalue weighted by molar-refractivity contribution is 0.101. The summed E-state index contributed by atoms with van der Waals surface area (Å²) in [4.78, 5) is 20.6. The van der Waals surface area contributed by atoms with Crippen LogP contribution in [0.1, 0.15) is 17.3 Å². The van der Waals surface area contributed by atoms with E-state index in [0.717, 1.165) is 48.7 Å². The number of Topliss-reactive ketones (excluding diaryl/α,β-unsaturated/α-hetero) is 1. The van der Waals surface area contributed by atoms with Crippen molar-refractivity contribution in [3.8, 4) is 11.1 Å². The van der Waals surface area contributed by atoms with Crippen molar-refractivity contribution in [3.05, 3.63) is 48.2 Å². The fourth-order valence-corrected chi connectivity index (χ4v) is 2.68. The number of aromatic nitrogens is 1. The van der Waals surface area contributed by atoms with Crippen LogP contribution < -0.4 is 4.90 Å². The molecule has 4 heteroatoms. The summed E-state index contributed by atoms with van der Waals surface area (Å²) in [5.74, 6) is 1.13. The molecule has 0 radical (unpaired) electrons. The molecule has 1 saturated heterocycles. The van der Waals surface area contributed by atoms with Crippen LogP contribution in [0.15, 0.2) is 42.6 Å². The van der Waals surface area contributed by atoms with Crippen LogP contribution in [-0.2, 0) is 0 Å². The molecule has 0 bridgehead atoms. The van der Waals surface area contributed by atoms with Crippen LogP contribution in [0.3, 0.4) is 0 Å². The molecule has 2 aromatic rings. The molecule has 2 heterocycles. The molecule has 22 heavy (non-hydrogen) atoms. The fraction of sp³-hybridized carbons (Fsp3) is 0.333. The quantitative estimate of drug-likeness (QED) is 0.816. The summed E-state index contributed by atoms with van der Waals surface area (Å²) in [5.41, 5.74) is 2.90. The Kier molecular flexibility index (Phi) is 4.20. The molecular formula is C18H21N3O. The van der Waals surface area contributed by atoms with Crippen molar-refractivity contribution >= 4 is 11.6 Å². The first kappa shape index (κ1) is 14.7. The largest absolute Gasteiger partial charge is 0.354 e. The number of carbonyl (C=O) groups is 1. The molecule has 1 aliphatic heterocycles. The van der Waals surface area contributed by atoms with Crippen molar-refractivity contribution in [2.45, 2.75) is 6.92 Å². The SMILES string of the molecule is CC(=O)c1ccc(-c2ccc(N3CCN(C)CC3)nc2)cc1. The normalized spacial score (nSPS) is 15.8. The zero-order chi connectivity index (χ0) is 15.5. The summed E-state index contributed by atoms with van der Waals surface area (Å²) < 4.78 is 0. The highest BCUT2D eigenvalue weighted by Crippen LogP contribution is 2.22. The third-order valence-electron chi connectivity index (χ3n) is 4.20. The minimum absolute atomic E-state index is 0.0927. The number of hydrogen-bond acceptors (Lipinski definition) is 4. The Hall–Kier alpha value is -2.20. The van der Waals surface area contributed by atoms with E-state index in [4.69, 9.17) is 0 Å². The molecule has 0 saturated carbocycles. The molecule has 0 atom stereocenters. The van der Waals surface area contributed by atoms with E-state index in [1.807, 2.05) is 30.5 Å². The second-order valence-corrected chi connectivity index (χ2v) is 5.83. The number of benzene rings is 1. The van der Waals surface area contributed by atoms with Gasteiger partial charge in [0.05, 0.1) is 0 Å². The average Bonchev–Trinajstić information content (AvgIpc) is 2.56. The zero-order valence-electron chi connectivity index (χ0n) is 13.1. The van der Waals surface area contributed by atoms with Crippen molar-refractivity contribution < 1.29 is 4.79 Å². The van der Waals surface area contributed by atoms with Gasteiger partial charge in [-0.1, -0.05) is 24.3 Å². The monoisotopic (exact) mass is 295 g/mol. The highest BCUT2D eigenvalue weighted by molar-refractivity contribution is 5.94. The van der Waals surface area contributed by atoms with Gasteiger partial charge in [-0.05, 0) is 31.7 Å². The maximum absolute atomic E-state index is 11.3. The Morgan fingerprint density at radius 2 is 1.59 bits per heavy atom. The third kappa shape index (κ3) is 3.17. The number of rotatable bonds is 3. The number of piperazine rings is 1. The minimum Gasteiger partial charge on any atom is -0.354 e. The summed E-state index contributed by atoms with van der Waals surface area (Å²) in [6.07, 6.45) is 1.91. The first-order chi connectivity index (χ1) is 10.6. The van der Waals surface area contributed by atoms with Gasteiger partial charge in [0.1, 0.15) is 5.82 Å². The Labute approximate surface area is 131 Å². The third-order valence-corrected chi connectivity index (χ3v) is 4.20. The first-order valence-electron chi connectivity index (χ1n) is 7.64. The van der Waals surface area contributed by atoms with Crippen LogP contribution >= 0.6 is 0 Å². The average molecular weight is 295 g/mol. The number of pyridine rings is 1. The second-order valence-electron chi connectivity index (χ2n) is 5.83. The van der Waals surface area contributed by atoms with Crippen molar-refractivity contribution in [1.82, 2.24) is 9.88 Å². The number of likely N-dealkylation sites (N-methyl/N-ethyl adjacent to an activating group) is 1.